The molecule has 0 unspecified atom stereocenters. The largest absolute Gasteiger partial charge is 0.393 e. The molecular formula is C13H26N2O2. The maximum absolute atomic E-state index is 11.8. The number of nitrogens with one attached hydrogen (secondary N) is 1. The molecular weight excluding hydrogens is 216 g/mol. The van der Waals surface area contributed by atoms with Crippen LogP contribution in [0.3, 0.4) is 0 Å². The summed E-state index contributed by atoms with van der Waals surface area (Å²) in [5, 5.41) is 12.3. The second kappa shape index (κ2) is 5.83. The molecule has 0 aromatic carbocycles. The normalized spacial score (nSPS) is 27.6. The number of nitrogens with two attached hydrogens (primary N) is 1. The minimum atomic E-state index is -0.461. The van der Waals surface area contributed by atoms with Gasteiger partial charge in [-0.15, -0.1) is 0 Å². The summed E-state index contributed by atoms with van der Waals surface area (Å²) in [4.78, 5) is 11.8. The number of carbonyl (C=O) groups is 1. The summed E-state index contributed by atoms with van der Waals surface area (Å²) >= 11 is 0. The Morgan fingerprint density at radius 3 is 2.35 bits per heavy atom. The van der Waals surface area contributed by atoms with E-state index in [1.807, 2.05) is 20.8 Å². The smallest absolute Gasteiger partial charge is 0.237 e. The van der Waals surface area contributed by atoms with E-state index in [4.69, 9.17) is 5.73 Å². The number of hydrogen-bond acceptors (Lipinski definition) is 3. The van der Waals surface area contributed by atoms with Crippen LogP contribution in [0.15, 0.2) is 0 Å². The number of amides is 1. The van der Waals surface area contributed by atoms with Crippen molar-refractivity contribution in [3.63, 3.8) is 0 Å². The Morgan fingerprint density at radius 2 is 1.88 bits per heavy atom. The highest BCUT2D eigenvalue weighted by Gasteiger charge is 2.28. The van der Waals surface area contributed by atoms with E-state index < -0.39 is 6.04 Å². The Balaban J connectivity index is 2.29. The number of rotatable bonds is 3. The number of hydrogen-bond donors (Lipinski definition) is 3. The molecule has 0 saturated heterocycles. The lowest BCUT2D eigenvalue weighted by atomic mass is 9.85. The quantitative estimate of drug-likeness (QED) is 0.692. The summed E-state index contributed by atoms with van der Waals surface area (Å²) in [6.45, 7) is 6.59. The van der Waals surface area contributed by atoms with Gasteiger partial charge in [-0.1, -0.05) is 20.8 Å². The average Bonchev–Trinajstić information content (AvgIpc) is 2.25. The molecule has 4 heteroatoms. The van der Waals surface area contributed by atoms with Crippen molar-refractivity contribution in [3.8, 4) is 0 Å². The maximum Gasteiger partial charge on any atom is 0.237 e. The van der Waals surface area contributed by atoms with Gasteiger partial charge in [-0.05, 0) is 37.0 Å². The van der Waals surface area contributed by atoms with E-state index in [1.54, 1.807) is 0 Å². The first-order valence-electron chi connectivity index (χ1n) is 6.52. The van der Waals surface area contributed by atoms with Crippen molar-refractivity contribution in [2.24, 2.45) is 17.1 Å². The summed E-state index contributed by atoms with van der Waals surface area (Å²) in [6.07, 6.45) is 3.55. The highest BCUT2D eigenvalue weighted by molar-refractivity contribution is 5.82. The van der Waals surface area contributed by atoms with E-state index in [9.17, 15) is 9.90 Å². The molecule has 4 N–H and O–H groups in total. The molecule has 17 heavy (non-hydrogen) atoms. The van der Waals surface area contributed by atoms with Gasteiger partial charge in [0.2, 0.25) is 5.91 Å². The Kier molecular flexibility index (Phi) is 4.95. The summed E-state index contributed by atoms with van der Waals surface area (Å²) in [5.74, 6) is 0.429. The summed E-state index contributed by atoms with van der Waals surface area (Å²) in [5.41, 5.74) is 5.68. The van der Waals surface area contributed by atoms with Crippen LogP contribution in [0.2, 0.25) is 0 Å². The lowest BCUT2D eigenvalue weighted by Crippen LogP contribution is -2.49. The van der Waals surface area contributed by atoms with Crippen LogP contribution in [0.4, 0.5) is 0 Å². The van der Waals surface area contributed by atoms with Gasteiger partial charge in [-0.2, -0.15) is 0 Å². The molecule has 1 atom stereocenters. The van der Waals surface area contributed by atoms with Crippen LogP contribution in [0.1, 0.15) is 46.5 Å². The third-order valence-electron chi connectivity index (χ3n) is 3.60. The monoisotopic (exact) mass is 242 g/mol. The van der Waals surface area contributed by atoms with Crippen molar-refractivity contribution >= 4 is 5.91 Å². The van der Waals surface area contributed by atoms with Crippen LogP contribution in [-0.4, -0.2) is 29.7 Å². The van der Waals surface area contributed by atoms with Crippen LogP contribution in [0.25, 0.3) is 0 Å². The molecule has 1 saturated carbocycles. The fourth-order valence-electron chi connectivity index (χ4n) is 2.10. The van der Waals surface area contributed by atoms with Crippen molar-refractivity contribution in [2.45, 2.75) is 58.6 Å². The molecule has 0 aromatic rings. The molecule has 0 aromatic heterocycles. The third-order valence-corrected chi connectivity index (χ3v) is 3.60. The first-order valence-corrected chi connectivity index (χ1v) is 6.52. The maximum atomic E-state index is 11.8. The first kappa shape index (κ1) is 14.5. The number of aliphatic hydroxyl groups is 1. The van der Waals surface area contributed by atoms with E-state index in [-0.39, 0.29) is 17.4 Å². The van der Waals surface area contributed by atoms with Gasteiger partial charge < -0.3 is 16.2 Å². The zero-order valence-electron chi connectivity index (χ0n) is 11.2. The summed E-state index contributed by atoms with van der Waals surface area (Å²) in [7, 11) is 0. The zero-order chi connectivity index (χ0) is 13.1. The Labute approximate surface area is 104 Å². The molecule has 1 aliphatic rings. The van der Waals surface area contributed by atoms with Gasteiger partial charge in [0.1, 0.15) is 0 Å². The van der Waals surface area contributed by atoms with E-state index in [0.717, 1.165) is 25.7 Å². The number of aliphatic hydroxyl groups excluding tert-OH is 1. The van der Waals surface area contributed by atoms with Crippen molar-refractivity contribution in [2.75, 3.05) is 6.54 Å². The van der Waals surface area contributed by atoms with Crippen molar-refractivity contribution < 1.29 is 9.90 Å². The lowest BCUT2D eigenvalue weighted by molar-refractivity contribution is -0.124. The van der Waals surface area contributed by atoms with Crippen molar-refractivity contribution in [3.05, 3.63) is 0 Å². The predicted octanol–water partition coefficient (Wildman–Crippen LogP) is 1.03. The number of carbonyl (C=O) groups excluding carboxylic acids is 1. The van der Waals surface area contributed by atoms with Crippen LogP contribution in [-0.2, 0) is 4.79 Å². The third kappa shape index (κ3) is 4.64. The molecule has 1 aliphatic carbocycles. The minimum absolute atomic E-state index is 0.0661. The van der Waals surface area contributed by atoms with Gasteiger partial charge in [0.15, 0.2) is 0 Å². The van der Waals surface area contributed by atoms with Gasteiger partial charge >= 0.3 is 0 Å². The Bertz CT molecular complexity index is 253. The van der Waals surface area contributed by atoms with E-state index in [0.29, 0.717) is 12.5 Å². The molecule has 0 aliphatic heterocycles. The fraction of sp³-hybridized carbons (Fsp3) is 0.923. The molecule has 1 rings (SSSR count). The van der Waals surface area contributed by atoms with Gasteiger partial charge in [-0.25, -0.2) is 0 Å². The summed E-state index contributed by atoms with van der Waals surface area (Å²) in [6, 6.07) is -0.461. The van der Waals surface area contributed by atoms with Crippen LogP contribution in [0, 0.1) is 11.3 Å². The predicted molar refractivity (Wildman–Crippen MR) is 68.4 cm³/mol. The molecule has 4 nitrogen and oxygen atoms in total. The molecule has 100 valence electrons. The van der Waals surface area contributed by atoms with E-state index in [2.05, 4.69) is 5.32 Å². The second-order valence-electron chi connectivity index (χ2n) is 6.26. The molecule has 0 heterocycles. The SMILES string of the molecule is CC(C)(C)[C@H](N)C(=O)NCC1CCC(O)CC1. The van der Waals surface area contributed by atoms with Gasteiger partial charge in [-0.3, -0.25) is 4.79 Å². The Hall–Kier alpha value is -0.610. The highest BCUT2D eigenvalue weighted by Crippen LogP contribution is 2.23. The van der Waals surface area contributed by atoms with Crippen LogP contribution < -0.4 is 11.1 Å². The lowest BCUT2D eigenvalue weighted by Gasteiger charge is -2.28. The Morgan fingerprint density at radius 1 is 1.35 bits per heavy atom. The van der Waals surface area contributed by atoms with E-state index >= 15 is 0 Å². The summed E-state index contributed by atoms with van der Waals surface area (Å²) < 4.78 is 0. The molecule has 1 amide bonds. The molecule has 0 spiro atoms. The van der Waals surface area contributed by atoms with Crippen LogP contribution in [0.5, 0.6) is 0 Å². The minimum Gasteiger partial charge on any atom is -0.393 e. The highest BCUT2D eigenvalue weighted by atomic mass is 16.3. The average molecular weight is 242 g/mol. The van der Waals surface area contributed by atoms with Gasteiger partial charge in [0.25, 0.3) is 0 Å². The van der Waals surface area contributed by atoms with Gasteiger partial charge in [0, 0.05) is 6.54 Å². The zero-order valence-corrected chi connectivity index (χ0v) is 11.2. The topological polar surface area (TPSA) is 75.4 Å². The molecule has 0 bridgehead atoms. The first-order chi connectivity index (χ1) is 7.80. The molecule has 1 fully saturated rings. The second-order valence-corrected chi connectivity index (χ2v) is 6.26. The van der Waals surface area contributed by atoms with Crippen LogP contribution >= 0.6 is 0 Å². The van der Waals surface area contributed by atoms with Crippen molar-refractivity contribution in [1.82, 2.24) is 5.32 Å². The van der Waals surface area contributed by atoms with Gasteiger partial charge in [0.05, 0.1) is 12.1 Å². The fourth-order valence-corrected chi connectivity index (χ4v) is 2.10. The standard InChI is InChI=1S/C13H26N2O2/c1-13(2,3)11(14)12(17)15-8-9-4-6-10(16)7-5-9/h9-11,16H,4-8,14H2,1-3H3,(H,15,17)/t9?,10?,11-/m1/s1. The molecule has 0 radical (unpaired) electrons. The van der Waals surface area contributed by atoms with E-state index in [1.165, 1.54) is 0 Å². The van der Waals surface area contributed by atoms with Crippen molar-refractivity contribution in [1.29, 1.82) is 0 Å².